The first-order valence-electron chi connectivity index (χ1n) is 5.89. The van der Waals surface area contributed by atoms with Crippen molar-refractivity contribution < 1.29 is 9.53 Å². The highest BCUT2D eigenvalue weighted by molar-refractivity contribution is 6.02. The zero-order valence-corrected chi connectivity index (χ0v) is 10.8. The van der Waals surface area contributed by atoms with Crippen molar-refractivity contribution in [3.63, 3.8) is 0 Å². The SMILES string of the molecule is Cc1cnc(C(=O)Nc2ccc(OCC#N)cc2)cn1. The van der Waals surface area contributed by atoms with E-state index in [1.54, 1.807) is 31.2 Å². The van der Waals surface area contributed by atoms with Gasteiger partial charge in [0.15, 0.2) is 6.61 Å². The van der Waals surface area contributed by atoms with Crippen molar-refractivity contribution in [2.75, 3.05) is 11.9 Å². The Morgan fingerprint density at radius 3 is 2.65 bits per heavy atom. The fraction of sp³-hybridized carbons (Fsp3) is 0.143. The van der Waals surface area contributed by atoms with E-state index < -0.39 is 0 Å². The largest absolute Gasteiger partial charge is 0.479 e. The van der Waals surface area contributed by atoms with Gasteiger partial charge >= 0.3 is 0 Å². The Balaban J connectivity index is 2.01. The third-order valence-electron chi connectivity index (χ3n) is 2.43. The Bertz CT molecular complexity index is 630. The molecule has 0 spiro atoms. The molecule has 0 saturated heterocycles. The van der Waals surface area contributed by atoms with E-state index in [-0.39, 0.29) is 18.2 Å². The van der Waals surface area contributed by atoms with Crippen molar-refractivity contribution in [1.29, 1.82) is 5.26 Å². The van der Waals surface area contributed by atoms with Crippen LogP contribution in [0.4, 0.5) is 5.69 Å². The molecule has 100 valence electrons. The maximum Gasteiger partial charge on any atom is 0.275 e. The molecule has 0 aliphatic heterocycles. The molecular formula is C14H12N4O2. The van der Waals surface area contributed by atoms with Crippen molar-refractivity contribution in [2.24, 2.45) is 0 Å². The van der Waals surface area contributed by atoms with Crippen LogP contribution in [0.25, 0.3) is 0 Å². The number of benzene rings is 1. The van der Waals surface area contributed by atoms with Crippen molar-refractivity contribution in [3.05, 3.63) is 48.0 Å². The second-order valence-electron chi connectivity index (χ2n) is 3.97. The molecule has 0 saturated carbocycles. The second kappa shape index (κ2) is 6.29. The van der Waals surface area contributed by atoms with Gasteiger partial charge in [-0.2, -0.15) is 5.26 Å². The Morgan fingerprint density at radius 2 is 2.05 bits per heavy atom. The van der Waals surface area contributed by atoms with Crippen LogP contribution in [0.3, 0.4) is 0 Å². The number of nitrogens with zero attached hydrogens (tertiary/aromatic N) is 3. The minimum atomic E-state index is -0.330. The maximum absolute atomic E-state index is 11.9. The van der Waals surface area contributed by atoms with E-state index in [0.29, 0.717) is 11.4 Å². The molecule has 0 unspecified atom stereocenters. The van der Waals surface area contributed by atoms with E-state index in [4.69, 9.17) is 10.00 Å². The van der Waals surface area contributed by atoms with Gasteiger partial charge < -0.3 is 10.1 Å². The predicted molar refractivity (Wildman–Crippen MR) is 72.3 cm³/mol. The van der Waals surface area contributed by atoms with Crippen LogP contribution in [0.1, 0.15) is 16.2 Å². The van der Waals surface area contributed by atoms with Crippen molar-refractivity contribution in [2.45, 2.75) is 6.92 Å². The third-order valence-corrected chi connectivity index (χ3v) is 2.43. The zero-order chi connectivity index (χ0) is 14.4. The first kappa shape index (κ1) is 13.5. The molecule has 2 aromatic rings. The summed E-state index contributed by atoms with van der Waals surface area (Å²) in [5, 5.41) is 11.1. The number of anilines is 1. The van der Waals surface area contributed by atoms with Crippen LogP contribution in [0, 0.1) is 18.3 Å². The number of hydrogen-bond donors (Lipinski definition) is 1. The monoisotopic (exact) mass is 268 g/mol. The average Bonchev–Trinajstić information content (AvgIpc) is 2.47. The number of carbonyl (C=O) groups is 1. The van der Waals surface area contributed by atoms with Gasteiger partial charge in [0.2, 0.25) is 0 Å². The van der Waals surface area contributed by atoms with Crippen LogP contribution >= 0.6 is 0 Å². The third kappa shape index (κ3) is 3.53. The van der Waals surface area contributed by atoms with Gasteiger partial charge in [-0.05, 0) is 31.2 Å². The van der Waals surface area contributed by atoms with Crippen LogP contribution in [-0.2, 0) is 0 Å². The summed E-state index contributed by atoms with van der Waals surface area (Å²) in [4.78, 5) is 19.9. The number of aryl methyl sites for hydroxylation is 1. The molecule has 0 atom stereocenters. The maximum atomic E-state index is 11.9. The van der Waals surface area contributed by atoms with Gasteiger partial charge in [-0.1, -0.05) is 0 Å². The Morgan fingerprint density at radius 1 is 1.30 bits per heavy atom. The lowest BCUT2D eigenvalue weighted by Crippen LogP contribution is -2.14. The fourth-order valence-corrected chi connectivity index (χ4v) is 1.46. The lowest BCUT2D eigenvalue weighted by Gasteiger charge is -2.06. The van der Waals surface area contributed by atoms with Gasteiger partial charge in [0.1, 0.15) is 17.5 Å². The molecule has 0 fully saturated rings. The first-order chi connectivity index (χ1) is 9.69. The number of nitrogens with one attached hydrogen (secondary N) is 1. The van der Waals surface area contributed by atoms with E-state index in [2.05, 4.69) is 15.3 Å². The summed E-state index contributed by atoms with van der Waals surface area (Å²) in [6, 6.07) is 8.60. The summed E-state index contributed by atoms with van der Waals surface area (Å²) in [6.45, 7) is 1.79. The van der Waals surface area contributed by atoms with Crippen LogP contribution in [0.2, 0.25) is 0 Å². The van der Waals surface area contributed by atoms with Crippen LogP contribution in [-0.4, -0.2) is 22.5 Å². The molecule has 6 heteroatoms. The van der Waals surface area contributed by atoms with Gasteiger partial charge in [-0.25, -0.2) is 4.98 Å². The van der Waals surface area contributed by atoms with E-state index in [9.17, 15) is 4.79 Å². The molecule has 0 aliphatic rings. The average molecular weight is 268 g/mol. The molecule has 6 nitrogen and oxygen atoms in total. The molecule has 1 heterocycles. The molecule has 2 rings (SSSR count). The van der Waals surface area contributed by atoms with Gasteiger partial charge in [-0.15, -0.1) is 0 Å². The van der Waals surface area contributed by atoms with Crippen molar-refractivity contribution in [1.82, 2.24) is 9.97 Å². The molecule has 0 aliphatic carbocycles. The number of amides is 1. The molecule has 1 amide bonds. The standard InChI is InChI=1S/C14H12N4O2/c1-10-8-17-13(9-16-10)14(19)18-11-2-4-12(5-3-11)20-7-6-15/h2-5,8-9H,7H2,1H3,(H,18,19). The summed E-state index contributed by atoms with van der Waals surface area (Å²) in [5.41, 5.74) is 1.61. The van der Waals surface area contributed by atoms with Crippen molar-refractivity contribution >= 4 is 11.6 Å². The summed E-state index contributed by atoms with van der Waals surface area (Å²) < 4.78 is 5.12. The van der Waals surface area contributed by atoms with Gasteiger partial charge in [0.05, 0.1) is 11.9 Å². The van der Waals surface area contributed by atoms with E-state index in [1.807, 2.05) is 6.07 Å². The van der Waals surface area contributed by atoms with Gasteiger partial charge in [0, 0.05) is 11.9 Å². The highest BCUT2D eigenvalue weighted by Gasteiger charge is 2.07. The lowest BCUT2D eigenvalue weighted by molar-refractivity contribution is 0.102. The normalized spacial score (nSPS) is 9.60. The summed E-state index contributed by atoms with van der Waals surface area (Å²) in [5.74, 6) is 0.239. The van der Waals surface area contributed by atoms with Crippen LogP contribution < -0.4 is 10.1 Å². The summed E-state index contributed by atoms with van der Waals surface area (Å²) >= 11 is 0. The lowest BCUT2D eigenvalue weighted by atomic mass is 10.3. The molecule has 1 N–H and O–H groups in total. The Labute approximate surface area is 116 Å². The first-order valence-corrected chi connectivity index (χ1v) is 5.89. The molecule has 1 aromatic carbocycles. The highest BCUT2D eigenvalue weighted by Crippen LogP contribution is 2.16. The topological polar surface area (TPSA) is 87.9 Å². The number of carbonyl (C=O) groups excluding carboxylic acids is 1. The molecule has 0 bridgehead atoms. The number of ether oxygens (including phenoxy) is 1. The predicted octanol–water partition coefficient (Wildman–Crippen LogP) is 1.94. The quantitative estimate of drug-likeness (QED) is 0.915. The van der Waals surface area contributed by atoms with Crippen LogP contribution in [0.5, 0.6) is 5.75 Å². The minimum Gasteiger partial charge on any atom is -0.479 e. The van der Waals surface area contributed by atoms with Crippen molar-refractivity contribution in [3.8, 4) is 11.8 Å². The molecular weight excluding hydrogens is 256 g/mol. The fourth-order valence-electron chi connectivity index (χ4n) is 1.46. The number of nitriles is 1. The van der Waals surface area contributed by atoms with Crippen LogP contribution in [0.15, 0.2) is 36.7 Å². The second-order valence-corrected chi connectivity index (χ2v) is 3.97. The Kier molecular flexibility index (Phi) is 4.24. The minimum absolute atomic E-state index is 0.00926. The smallest absolute Gasteiger partial charge is 0.275 e. The van der Waals surface area contributed by atoms with E-state index >= 15 is 0 Å². The number of aromatic nitrogens is 2. The molecule has 1 aromatic heterocycles. The summed E-state index contributed by atoms with van der Waals surface area (Å²) in [7, 11) is 0. The molecule has 20 heavy (non-hydrogen) atoms. The number of hydrogen-bond acceptors (Lipinski definition) is 5. The molecule has 0 radical (unpaired) electrons. The number of rotatable bonds is 4. The van der Waals surface area contributed by atoms with Gasteiger partial charge in [0.25, 0.3) is 5.91 Å². The highest BCUT2D eigenvalue weighted by atomic mass is 16.5. The van der Waals surface area contributed by atoms with Gasteiger partial charge in [-0.3, -0.25) is 9.78 Å². The Hall–Kier alpha value is -2.94. The van der Waals surface area contributed by atoms with E-state index in [1.165, 1.54) is 12.4 Å². The van der Waals surface area contributed by atoms with E-state index in [0.717, 1.165) is 5.69 Å². The zero-order valence-electron chi connectivity index (χ0n) is 10.8. The summed E-state index contributed by atoms with van der Waals surface area (Å²) in [6.07, 6.45) is 2.96.